The van der Waals surface area contributed by atoms with Crippen molar-refractivity contribution in [3.63, 3.8) is 0 Å². The first-order valence-corrected chi connectivity index (χ1v) is 9.15. The summed E-state index contributed by atoms with van der Waals surface area (Å²) in [6.07, 6.45) is 1.75. The number of carbonyl (C=O) groups is 1. The molecule has 0 aliphatic carbocycles. The lowest BCUT2D eigenvalue weighted by molar-refractivity contribution is 0.0734. The van der Waals surface area contributed by atoms with Crippen molar-refractivity contribution in [2.45, 2.75) is 0 Å². The van der Waals surface area contributed by atoms with Gasteiger partial charge < -0.3 is 18.9 Å². The molecule has 0 fully saturated rings. The average Bonchev–Trinajstić information content (AvgIpc) is 3.26. The third-order valence-electron chi connectivity index (χ3n) is 4.53. The highest BCUT2D eigenvalue weighted by Crippen LogP contribution is 2.33. The summed E-state index contributed by atoms with van der Waals surface area (Å²) in [5, 5.41) is 9.56. The maximum atomic E-state index is 12.4. The van der Waals surface area contributed by atoms with Gasteiger partial charge in [-0.05, 0) is 54.1 Å². The molecule has 30 heavy (non-hydrogen) atoms. The second-order valence-electron chi connectivity index (χ2n) is 6.40. The molecule has 0 unspecified atom stereocenters. The fourth-order valence-electron chi connectivity index (χ4n) is 3.03. The summed E-state index contributed by atoms with van der Waals surface area (Å²) in [5.74, 6) is 1.64. The first-order chi connectivity index (χ1) is 14.7. The number of fused-ring (bicyclic) bond motifs is 1. The Morgan fingerprint density at radius 1 is 1.03 bits per heavy atom. The highest BCUT2D eigenvalue weighted by atomic mass is 16.7. The molecule has 6 heteroatoms. The number of methoxy groups -OCH3 is 1. The van der Waals surface area contributed by atoms with E-state index in [1.807, 2.05) is 18.2 Å². The summed E-state index contributed by atoms with van der Waals surface area (Å²) >= 11 is 0. The molecule has 0 N–H and O–H groups in total. The molecular weight excluding hydrogens is 382 g/mol. The van der Waals surface area contributed by atoms with Crippen molar-refractivity contribution in [2.24, 2.45) is 0 Å². The first kappa shape index (κ1) is 19.1. The summed E-state index contributed by atoms with van der Waals surface area (Å²) in [4.78, 5) is 12.4. The predicted molar refractivity (Wildman–Crippen MR) is 110 cm³/mol. The van der Waals surface area contributed by atoms with Crippen LogP contribution in [0.1, 0.15) is 21.5 Å². The van der Waals surface area contributed by atoms with E-state index in [9.17, 15) is 10.1 Å². The van der Waals surface area contributed by atoms with Gasteiger partial charge in [-0.2, -0.15) is 5.26 Å². The SMILES string of the molecule is COc1ccccc1/C(C#N)=C\c1ccc(OC(=O)c2ccc3c(c2)OCO3)cc1. The standard InChI is InChI=1S/C24H17NO5/c1-27-21-5-3-2-4-20(21)18(14-25)12-16-6-9-19(10-7-16)30-24(26)17-8-11-22-23(13-17)29-15-28-22/h2-13H,15H2,1H3/b18-12-. The van der Waals surface area contributed by atoms with Gasteiger partial charge in [-0.3, -0.25) is 0 Å². The zero-order valence-corrected chi connectivity index (χ0v) is 16.1. The molecule has 0 aromatic heterocycles. The predicted octanol–water partition coefficient (Wildman–Crippen LogP) is 4.71. The molecule has 0 atom stereocenters. The second kappa shape index (κ2) is 8.41. The van der Waals surface area contributed by atoms with Crippen molar-refractivity contribution < 1.29 is 23.7 Å². The third kappa shape index (κ3) is 3.96. The quantitative estimate of drug-likeness (QED) is 0.268. The molecule has 0 bridgehead atoms. The smallest absolute Gasteiger partial charge is 0.343 e. The molecule has 148 valence electrons. The van der Waals surface area contributed by atoms with E-state index in [4.69, 9.17) is 18.9 Å². The molecule has 0 spiro atoms. The minimum absolute atomic E-state index is 0.141. The van der Waals surface area contributed by atoms with Crippen LogP contribution in [-0.4, -0.2) is 19.9 Å². The topological polar surface area (TPSA) is 77.8 Å². The number of hydrogen-bond acceptors (Lipinski definition) is 6. The summed E-state index contributed by atoms with van der Waals surface area (Å²) < 4.78 is 21.3. The second-order valence-corrected chi connectivity index (χ2v) is 6.40. The van der Waals surface area contributed by atoms with Gasteiger partial charge in [-0.25, -0.2) is 4.79 Å². The molecule has 0 radical (unpaired) electrons. The average molecular weight is 399 g/mol. The number of benzene rings is 3. The zero-order valence-electron chi connectivity index (χ0n) is 16.1. The lowest BCUT2D eigenvalue weighted by Gasteiger charge is -2.07. The molecule has 0 saturated carbocycles. The minimum Gasteiger partial charge on any atom is -0.496 e. The van der Waals surface area contributed by atoms with E-state index in [0.29, 0.717) is 39.7 Å². The molecule has 0 saturated heterocycles. The van der Waals surface area contributed by atoms with Gasteiger partial charge in [-0.15, -0.1) is 0 Å². The van der Waals surface area contributed by atoms with E-state index < -0.39 is 5.97 Å². The number of carbonyl (C=O) groups excluding carboxylic acids is 1. The van der Waals surface area contributed by atoms with Crippen LogP contribution >= 0.6 is 0 Å². The van der Waals surface area contributed by atoms with Crippen LogP contribution in [0.2, 0.25) is 0 Å². The number of nitrogens with zero attached hydrogens (tertiary/aromatic N) is 1. The normalized spacial score (nSPS) is 12.2. The number of esters is 1. The minimum atomic E-state index is -0.497. The van der Waals surface area contributed by atoms with Crippen LogP contribution in [0.15, 0.2) is 66.7 Å². The van der Waals surface area contributed by atoms with Crippen LogP contribution in [0.5, 0.6) is 23.0 Å². The van der Waals surface area contributed by atoms with Crippen molar-refractivity contribution >= 4 is 17.6 Å². The lowest BCUT2D eigenvalue weighted by atomic mass is 10.0. The van der Waals surface area contributed by atoms with E-state index in [1.165, 1.54) is 0 Å². The van der Waals surface area contributed by atoms with Gasteiger partial charge in [0.2, 0.25) is 6.79 Å². The molecule has 0 amide bonds. The van der Waals surface area contributed by atoms with Crippen LogP contribution in [0.3, 0.4) is 0 Å². The molecule has 1 aliphatic heterocycles. The van der Waals surface area contributed by atoms with E-state index >= 15 is 0 Å². The summed E-state index contributed by atoms with van der Waals surface area (Å²) in [7, 11) is 1.57. The van der Waals surface area contributed by atoms with E-state index in [2.05, 4.69) is 6.07 Å². The van der Waals surface area contributed by atoms with Gasteiger partial charge in [0.15, 0.2) is 11.5 Å². The number of para-hydroxylation sites is 1. The largest absolute Gasteiger partial charge is 0.496 e. The van der Waals surface area contributed by atoms with Gasteiger partial charge in [0.25, 0.3) is 0 Å². The van der Waals surface area contributed by atoms with E-state index in [-0.39, 0.29) is 6.79 Å². The Labute approximate surface area is 173 Å². The van der Waals surface area contributed by atoms with Gasteiger partial charge in [-0.1, -0.05) is 24.3 Å². The lowest BCUT2D eigenvalue weighted by Crippen LogP contribution is -2.08. The van der Waals surface area contributed by atoms with Crippen molar-refractivity contribution in [3.8, 4) is 29.1 Å². The maximum Gasteiger partial charge on any atom is 0.343 e. The fourth-order valence-corrected chi connectivity index (χ4v) is 3.03. The Morgan fingerprint density at radius 3 is 2.57 bits per heavy atom. The molecule has 6 nitrogen and oxygen atoms in total. The maximum absolute atomic E-state index is 12.4. The number of rotatable bonds is 5. The van der Waals surface area contributed by atoms with Gasteiger partial charge >= 0.3 is 5.97 Å². The van der Waals surface area contributed by atoms with Crippen molar-refractivity contribution in [1.82, 2.24) is 0 Å². The van der Waals surface area contributed by atoms with Crippen LogP contribution in [0.4, 0.5) is 0 Å². The number of allylic oxidation sites excluding steroid dienone is 1. The third-order valence-corrected chi connectivity index (χ3v) is 4.53. The van der Waals surface area contributed by atoms with Crippen molar-refractivity contribution in [1.29, 1.82) is 5.26 Å². The highest BCUT2D eigenvalue weighted by Gasteiger charge is 2.17. The number of hydrogen-bond donors (Lipinski definition) is 0. The molecule has 3 aromatic rings. The Balaban J connectivity index is 1.50. The Kier molecular flexibility index (Phi) is 5.35. The summed E-state index contributed by atoms with van der Waals surface area (Å²) in [5.41, 5.74) is 2.34. The summed E-state index contributed by atoms with van der Waals surface area (Å²) in [6.45, 7) is 0.141. The summed E-state index contributed by atoms with van der Waals surface area (Å²) in [6, 6.07) is 21.3. The molecule has 1 aliphatic rings. The Bertz CT molecular complexity index is 1160. The zero-order chi connectivity index (χ0) is 20.9. The first-order valence-electron chi connectivity index (χ1n) is 9.15. The van der Waals surface area contributed by atoms with Gasteiger partial charge in [0, 0.05) is 5.56 Å². The fraction of sp³-hybridized carbons (Fsp3) is 0.0833. The Morgan fingerprint density at radius 2 is 1.80 bits per heavy atom. The highest BCUT2D eigenvalue weighted by molar-refractivity contribution is 5.93. The van der Waals surface area contributed by atoms with Gasteiger partial charge in [0.1, 0.15) is 11.5 Å². The molecule has 4 rings (SSSR count). The number of nitriles is 1. The van der Waals surface area contributed by atoms with Crippen molar-refractivity contribution in [2.75, 3.05) is 13.9 Å². The van der Waals surface area contributed by atoms with Gasteiger partial charge in [0.05, 0.1) is 24.3 Å². The van der Waals surface area contributed by atoms with E-state index in [0.717, 1.165) is 5.56 Å². The van der Waals surface area contributed by atoms with Crippen LogP contribution in [-0.2, 0) is 0 Å². The molecule has 1 heterocycles. The number of ether oxygens (including phenoxy) is 4. The molecule has 3 aromatic carbocycles. The Hall–Kier alpha value is -4.24. The van der Waals surface area contributed by atoms with Crippen LogP contribution in [0.25, 0.3) is 11.6 Å². The van der Waals surface area contributed by atoms with Crippen LogP contribution < -0.4 is 18.9 Å². The van der Waals surface area contributed by atoms with Crippen LogP contribution in [0, 0.1) is 11.3 Å². The monoisotopic (exact) mass is 399 g/mol. The van der Waals surface area contributed by atoms with E-state index in [1.54, 1.807) is 61.7 Å². The van der Waals surface area contributed by atoms with Crippen molar-refractivity contribution in [3.05, 3.63) is 83.4 Å². The molecular formula is C24H17NO5.